The molecule has 1 aliphatic heterocycles. The minimum Gasteiger partial charge on any atom is -0.396 e. The van der Waals surface area contributed by atoms with Gasteiger partial charge >= 0.3 is 0 Å². The van der Waals surface area contributed by atoms with Crippen LogP contribution in [0.15, 0.2) is 12.1 Å². The molecule has 0 aliphatic carbocycles. The zero-order valence-corrected chi connectivity index (χ0v) is 13.1. The van der Waals surface area contributed by atoms with Crippen molar-refractivity contribution in [1.29, 1.82) is 0 Å². The zero-order chi connectivity index (χ0) is 15.2. The molecule has 2 rings (SSSR count). The van der Waals surface area contributed by atoms with Gasteiger partial charge < -0.3 is 15.3 Å². The van der Waals surface area contributed by atoms with Gasteiger partial charge in [-0.25, -0.2) is 4.98 Å². The summed E-state index contributed by atoms with van der Waals surface area (Å²) in [6, 6.07) is 3.59. The van der Waals surface area contributed by atoms with E-state index in [2.05, 4.69) is 10.3 Å². The Labute approximate surface area is 130 Å². The Hall–Kier alpha value is -1.33. The van der Waals surface area contributed by atoms with Crippen molar-refractivity contribution in [1.82, 2.24) is 9.88 Å². The molecule has 2 heterocycles. The number of anilines is 1. The second-order valence-corrected chi connectivity index (χ2v) is 5.64. The molecule has 0 bridgehead atoms. The number of likely N-dealkylation sites (tertiary alicyclic amines) is 1. The number of nitrogens with zero attached hydrogens (tertiary/aromatic N) is 2. The van der Waals surface area contributed by atoms with Crippen LogP contribution in [0.1, 0.15) is 43.0 Å². The van der Waals surface area contributed by atoms with Gasteiger partial charge in [0.05, 0.1) is 0 Å². The van der Waals surface area contributed by atoms with Gasteiger partial charge in [-0.2, -0.15) is 0 Å². The van der Waals surface area contributed by atoms with E-state index in [0.29, 0.717) is 16.5 Å². The van der Waals surface area contributed by atoms with Crippen LogP contribution in [0.25, 0.3) is 0 Å². The molecule has 6 heteroatoms. The highest BCUT2D eigenvalue weighted by Gasteiger charge is 2.29. The summed E-state index contributed by atoms with van der Waals surface area (Å²) in [4.78, 5) is 18.7. The monoisotopic (exact) mass is 311 g/mol. The van der Waals surface area contributed by atoms with Crippen molar-refractivity contribution in [2.45, 2.75) is 38.6 Å². The molecule has 1 saturated heterocycles. The number of carbonyl (C=O) groups is 1. The molecule has 1 aliphatic rings. The van der Waals surface area contributed by atoms with Crippen molar-refractivity contribution in [3.8, 4) is 0 Å². The Morgan fingerprint density at radius 1 is 1.57 bits per heavy atom. The van der Waals surface area contributed by atoms with Crippen molar-refractivity contribution in [3.05, 3.63) is 22.8 Å². The number of hydrogen-bond donors (Lipinski definition) is 2. The van der Waals surface area contributed by atoms with Crippen LogP contribution in [-0.4, -0.2) is 46.6 Å². The van der Waals surface area contributed by atoms with E-state index in [1.165, 1.54) is 0 Å². The summed E-state index contributed by atoms with van der Waals surface area (Å²) in [7, 11) is 0. The molecule has 0 aromatic carbocycles. The maximum absolute atomic E-state index is 12.7. The van der Waals surface area contributed by atoms with Gasteiger partial charge in [0.2, 0.25) is 0 Å². The van der Waals surface area contributed by atoms with Crippen molar-refractivity contribution in [2.24, 2.45) is 0 Å². The SMILES string of the molecule is CCNc1cc(C(=O)N2CCCC2CCCO)cc(Cl)n1. The molecule has 1 fully saturated rings. The summed E-state index contributed by atoms with van der Waals surface area (Å²) in [5, 5.41) is 12.4. The number of pyridine rings is 1. The fraction of sp³-hybridized carbons (Fsp3) is 0.600. The van der Waals surface area contributed by atoms with E-state index in [1.54, 1.807) is 12.1 Å². The van der Waals surface area contributed by atoms with Crippen LogP contribution in [0, 0.1) is 0 Å². The van der Waals surface area contributed by atoms with Crippen molar-refractivity contribution >= 4 is 23.3 Å². The first-order chi connectivity index (χ1) is 10.2. The Morgan fingerprint density at radius 2 is 2.38 bits per heavy atom. The lowest BCUT2D eigenvalue weighted by molar-refractivity contribution is 0.0724. The normalized spacial score (nSPS) is 18.0. The fourth-order valence-corrected chi connectivity index (χ4v) is 3.00. The first kappa shape index (κ1) is 16.0. The number of halogens is 1. The van der Waals surface area contributed by atoms with E-state index in [-0.39, 0.29) is 18.6 Å². The summed E-state index contributed by atoms with van der Waals surface area (Å²) in [6.45, 7) is 3.63. The highest BCUT2D eigenvalue weighted by molar-refractivity contribution is 6.29. The molecule has 1 aromatic rings. The Morgan fingerprint density at radius 3 is 3.10 bits per heavy atom. The third-order valence-corrected chi connectivity index (χ3v) is 3.93. The van der Waals surface area contributed by atoms with E-state index < -0.39 is 0 Å². The topological polar surface area (TPSA) is 65.5 Å². The van der Waals surface area contributed by atoms with Gasteiger partial charge in [0.1, 0.15) is 11.0 Å². The first-order valence-corrected chi connectivity index (χ1v) is 7.86. The molecular weight excluding hydrogens is 290 g/mol. The van der Waals surface area contributed by atoms with Crippen LogP contribution in [0.4, 0.5) is 5.82 Å². The van der Waals surface area contributed by atoms with Crippen LogP contribution in [0.3, 0.4) is 0 Å². The zero-order valence-electron chi connectivity index (χ0n) is 12.3. The van der Waals surface area contributed by atoms with E-state index >= 15 is 0 Å². The number of aromatic nitrogens is 1. The third kappa shape index (κ3) is 4.08. The van der Waals surface area contributed by atoms with Gasteiger partial charge in [-0.1, -0.05) is 11.6 Å². The molecule has 0 spiro atoms. The number of hydrogen-bond acceptors (Lipinski definition) is 4. The summed E-state index contributed by atoms with van der Waals surface area (Å²) in [6.07, 6.45) is 3.60. The highest BCUT2D eigenvalue weighted by atomic mass is 35.5. The van der Waals surface area contributed by atoms with Gasteiger partial charge in [-0.3, -0.25) is 4.79 Å². The molecule has 2 N–H and O–H groups in total. The second kappa shape index (κ2) is 7.61. The van der Waals surface area contributed by atoms with Crippen LogP contribution in [0.2, 0.25) is 5.15 Å². The molecule has 1 atom stereocenters. The fourth-order valence-electron chi connectivity index (χ4n) is 2.79. The standard InChI is InChI=1S/C15H22ClN3O2/c1-2-17-14-10-11(9-13(16)18-14)15(21)19-7-3-5-12(19)6-4-8-20/h9-10,12,20H,2-8H2,1H3,(H,17,18). The van der Waals surface area contributed by atoms with Crippen molar-refractivity contribution < 1.29 is 9.90 Å². The Balaban J connectivity index is 2.14. The maximum atomic E-state index is 12.7. The predicted octanol–water partition coefficient (Wildman–Crippen LogP) is 2.54. The lowest BCUT2D eigenvalue weighted by Gasteiger charge is -2.25. The number of aliphatic hydroxyl groups excluding tert-OH is 1. The smallest absolute Gasteiger partial charge is 0.254 e. The summed E-state index contributed by atoms with van der Waals surface area (Å²) in [5.74, 6) is 0.623. The third-order valence-electron chi connectivity index (χ3n) is 3.73. The van der Waals surface area contributed by atoms with E-state index in [0.717, 1.165) is 38.8 Å². The van der Waals surface area contributed by atoms with E-state index in [9.17, 15) is 4.79 Å². The number of carbonyl (C=O) groups excluding carboxylic acids is 1. The number of rotatable bonds is 6. The summed E-state index contributed by atoms with van der Waals surface area (Å²) >= 11 is 6.00. The maximum Gasteiger partial charge on any atom is 0.254 e. The minimum atomic E-state index is -0.00103. The average Bonchev–Trinajstić information content (AvgIpc) is 2.92. The van der Waals surface area contributed by atoms with Gasteiger partial charge in [0.15, 0.2) is 0 Å². The Kier molecular flexibility index (Phi) is 5.82. The Bertz CT molecular complexity index is 496. The van der Waals surface area contributed by atoms with Crippen LogP contribution < -0.4 is 5.32 Å². The van der Waals surface area contributed by atoms with E-state index in [4.69, 9.17) is 16.7 Å². The largest absolute Gasteiger partial charge is 0.396 e. The molecule has 116 valence electrons. The van der Waals surface area contributed by atoms with Gasteiger partial charge in [0.25, 0.3) is 5.91 Å². The minimum absolute atomic E-state index is 0.00103. The number of amides is 1. The molecule has 1 aromatic heterocycles. The van der Waals surface area contributed by atoms with Gasteiger partial charge in [-0.05, 0) is 44.7 Å². The molecule has 1 unspecified atom stereocenters. The van der Waals surface area contributed by atoms with Gasteiger partial charge in [-0.15, -0.1) is 0 Å². The highest BCUT2D eigenvalue weighted by Crippen LogP contribution is 2.25. The lowest BCUT2D eigenvalue weighted by Crippen LogP contribution is -2.35. The van der Waals surface area contributed by atoms with Crippen molar-refractivity contribution in [3.63, 3.8) is 0 Å². The van der Waals surface area contributed by atoms with Crippen LogP contribution in [0.5, 0.6) is 0 Å². The number of nitrogens with one attached hydrogen (secondary N) is 1. The average molecular weight is 312 g/mol. The molecule has 21 heavy (non-hydrogen) atoms. The van der Waals surface area contributed by atoms with Crippen molar-refractivity contribution in [2.75, 3.05) is 25.0 Å². The second-order valence-electron chi connectivity index (χ2n) is 5.25. The number of aliphatic hydroxyl groups is 1. The molecular formula is C15H22ClN3O2. The molecule has 0 radical (unpaired) electrons. The lowest BCUT2D eigenvalue weighted by atomic mass is 10.1. The summed E-state index contributed by atoms with van der Waals surface area (Å²) in [5.41, 5.74) is 0.571. The van der Waals surface area contributed by atoms with Gasteiger partial charge in [0, 0.05) is 31.3 Å². The molecule has 0 saturated carbocycles. The van der Waals surface area contributed by atoms with Crippen LogP contribution in [-0.2, 0) is 0 Å². The molecule has 5 nitrogen and oxygen atoms in total. The first-order valence-electron chi connectivity index (χ1n) is 7.49. The quantitative estimate of drug-likeness (QED) is 0.792. The molecule has 1 amide bonds. The van der Waals surface area contributed by atoms with Crippen LogP contribution >= 0.6 is 11.6 Å². The summed E-state index contributed by atoms with van der Waals surface area (Å²) < 4.78 is 0. The predicted molar refractivity (Wildman–Crippen MR) is 83.8 cm³/mol. The van der Waals surface area contributed by atoms with E-state index in [1.807, 2.05) is 11.8 Å².